The number of hydrogen-bond acceptors (Lipinski definition) is 9. The molecular formula is C37H54IN7O6Si. The summed E-state index contributed by atoms with van der Waals surface area (Å²) in [7, 11) is 1.67. The van der Waals surface area contributed by atoms with Gasteiger partial charge in [0.2, 0.25) is 17.9 Å². The molecule has 0 aliphatic carbocycles. The molecule has 5 rings (SSSR count). The zero-order valence-corrected chi connectivity index (χ0v) is 35.1. The number of carboxylic acid groups (broad SMARTS) is 1. The zero-order valence-electron chi connectivity index (χ0n) is 32.0. The van der Waals surface area contributed by atoms with Crippen LogP contribution in [0.1, 0.15) is 71.5 Å². The Balaban J connectivity index is 1.36. The summed E-state index contributed by atoms with van der Waals surface area (Å²) < 4.78 is 31.2. The maximum absolute atomic E-state index is 12.7. The standard InChI is InChI=1S/C37H54IN7O6Si/c1-11-28-26-20-25(15-16-29(26)45(40-28)32-14-12-13-18-48-32)27-21-39-43(8)35(27)51-31(36(46)47)23-42(7)22-30-33(38)34(50-24(2)3)41-44(30)17-19-49-52(9,10)37(4,5)6/h11,15-16,20-21,24,31-32H,1,12-14,17-19,22-23H2,2-10H3,(H,46,47). The number of ether oxygens (including phenoxy) is 3. The minimum Gasteiger partial charge on any atom is -0.478 e. The molecule has 0 radical (unpaired) electrons. The summed E-state index contributed by atoms with van der Waals surface area (Å²) >= 11 is 2.27. The van der Waals surface area contributed by atoms with Crippen molar-refractivity contribution < 1.29 is 28.5 Å². The molecule has 4 heterocycles. The van der Waals surface area contributed by atoms with Crippen molar-refractivity contribution in [2.75, 3.05) is 26.8 Å². The van der Waals surface area contributed by atoms with E-state index in [1.807, 2.05) is 53.4 Å². The number of hydrogen-bond donors (Lipinski definition) is 1. The van der Waals surface area contributed by atoms with E-state index in [9.17, 15) is 9.90 Å². The highest BCUT2D eigenvalue weighted by atomic mass is 127. The van der Waals surface area contributed by atoms with Crippen LogP contribution in [0.15, 0.2) is 31.0 Å². The van der Waals surface area contributed by atoms with E-state index in [4.69, 9.17) is 28.8 Å². The van der Waals surface area contributed by atoms with Crippen molar-refractivity contribution in [1.82, 2.24) is 34.2 Å². The Kier molecular flexibility index (Phi) is 12.6. The van der Waals surface area contributed by atoms with Crippen LogP contribution in [0.3, 0.4) is 0 Å². The Bertz CT molecular complexity index is 1870. The lowest BCUT2D eigenvalue weighted by Crippen LogP contribution is -2.41. The lowest BCUT2D eigenvalue weighted by molar-refractivity contribution is -0.146. The molecule has 1 N–H and O–H groups in total. The van der Waals surface area contributed by atoms with Gasteiger partial charge in [-0.05, 0) is 105 Å². The number of aliphatic carboxylic acids is 1. The topological polar surface area (TPSA) is 131 Å². The Labute approximate surface area is 321 Å². The first-order valence-electron chi connectivity index (χ1n) is 17.9. The number of aryl methyl sites for hydroxylation is 1. The molecule has 1 aliphatic heterocycles. The Morgan fingerprint density at radius 3 is 2.62 bits per heavy atom. The number of carbonyl (C=O) groups is 1. The summed E-state index contributed by atoms with van der Waals surface area (Å²) in [5.41, 5.74) is 4.14. The molecule has 4 aromatic rings. The van der Waals surface area contributed by atoms with E-state index < -0.39 is 20.4 Å². The van der Waals surface area contributed by atoms with Gasteiger partial charge in [0.1, 0.15) is 0 Å². The number of likely N-dealkylation sites (N-methyl/N-ethyl adjacent to an activating group) is 1. The quantitative estimate of drug-likeness (QED) is 0.0903. The van der Waals surface area contributed by atoms with Crippen LogP contribution in [0.25, 0.3) is 28.1 Å². The van der Waals surface area contributed by atoms with E-state index >= 15 is 0 Å². The molecule has 2 atom stereocenters. The van der Waals surface area contributed by atoms with Crippen LogP contribution in [0.5, 0.6) is 11.8 Å². The van der Waals surface area contributed by atoms with E-state index in [-0.39, 0.29) is 23.9 Å². The maximum Gasteiger partial charge on any atom is 0.346 e. The maximum atomic E-state index is 12.7. The molecule has 284 valence electrons. The SMILES string of the molecule is C=Cc1nn(C2CCCCO2)c2ccc(-c3cnn(C)c3OC(CN(C)Cc3c(I)c(OC(C)C)nn3CCO[Si](C)(C)C(C)(C)C)C(=O)O)cc12. The predicted molar refractivity (Wildman–Crippen MR) is 213 cm³/mol. The van der Waals surface area contributed by atoms with E-state index in [0.29, 0.717) is 43.6 Å². The number of carboxylic acids is 1. The summed E-state index contributed by atoms with van der Waals surface area (Å²) in [6, 6.07) is 6.02. The molecule has 0 amide bonds. The molecule has 0 bridgehead atoms. The highest BCUT2D eigenvalue weighted by Gasteiger charge is 2.37. The molecule has 3 aromatic heterocycles. The van der Waals surface area contributed by atoms with Gasteiger partial charge in [-0.1, -0.05) is 33.4 Å². The van der Waals surface area contributed by atoms with Gasteiger partial charge in [-0.15, -0.1) is 5.10 Å². The van der Waals surface area contributed by atoms with Crippen molar-refractivity contribution in [2.45, 2.75) is 104 Å². The van der Waals surface area contributed by atoms with Crippen molar-refractivity contribution in [2.24, 2.45) is 7.05 Å². The summed E-state index contributed by atoms with van der Waals surface area (Å²) in [5.74, 6) is -0.157. The normalized spacial score (nSPS) is 16.2. The zero-order chi connectivity index (χ0) is 38.0. The first-order chi connectivity index (χ1) is 24.5. The highest BCUT2D eigenvalue weighted by molar-refractivity contribution is 14.1. The molecule has 1 fully saturated rings. The number of fused-ring (bicyclic) bond motifs is 1. The second kappa shape index (κ2) is 16.4. The van der Waals surface area contributed by atoms with Crippen LogP contribution in [0, 0.1) is 3.57 Å². The molecule has 15 heteroatoms. The van der Waals surface area contributed by atoms with Gasteiger partial charge < -0.3 is 23.7 Å². The third-order valence-corrected chi connectivity index (χ3v) is 15.5. The Hall–Kier alpha value is -3.25. The third kappa shape index (κ3) is 8.92. The van der Waals surface area contributed by atoms with E-state index in [1.165, 1.54) is 0 Å². The van der Waals surface area contributed by atoms with Crippen LogP contribution in [-0.2, 0) is 34.1 Å². The number of halogens is 1. The molecule has 13 nitrogen and oxygen atoms in total. The molecule has 0 spiro atoms. The average Bonchev–Trinajstić information content (AvgIpc) is 3.72. The van der Waals surface area contributed by atoms with Crippen LogP contribution in [0.2, 0.25) is 18.1 Å². The summed E-state index contributed by atoms with van der Waals surface area (Å²) in [5, 5.41) is 25.5. The van der Waals surface area contributed by atoms with E-state index in [2.05, 4.69) is 68.1 Å². The average molecular weight is 848 g/mol. The van der Waals surface area contributed by atoms with Crippen molar-refractivity contribution in [3.63, 3.8) is 0 Å². The third-order valence-electron chi connectivity index (χ3n) is 9.86. The largest absolute Gasteiger partial charge is 0.478 e. The van der Waals surface area contributed by atoms with Gasteiger partial charge in [0.15, 0.2) is 14.5 Å². The van der Waals surface area contributed by atoms with Gasteiger partial charge in [-0.3, -0.25) is 9.58 Å². The fraction of sp³-hybridized carbons (Fsp3) is 0.568. The Morgan fingerprint density at radius 2 is 1.98 bits per heavy atom. The summed E-state index contributed by atoms with van der Waals surface area (Å²) in [6.45, 7) is 21.4. The van der Waals surface area contributed by atoms with Gasteiger partial charge in [0.25, 0.3) is 0 Å². The lowest BCUT2D eigenvalue weighted by atomic mass is 10.1. The predicted octanol–water partition coefficient (Wildman–Crippen LogP) is 7.35. The number of rotatable bonds is 16. The highest BCUT2D eigenvalue weighted by Crippen LogP contribution is 2.37. The van der Waals surface area contributed by atoms with Gasteiger partial charge in [-0.2, -0.15) is 10.2 Å². The fourth-order valence-electron chi connectivity index (χ4n) is 5.98. The van der Waals surface area contributed by atoms with Crippen molar-refractivity contribution in [1.29, 1.82) is 0 Å². The number of benzene rings is 1. The molecule has 1 saturated heterocycles. The Morgan fingerprint density at radius 1 is 1.23 bits per heavy atom. The van der Waals surface area contributed by atoms with Gasteiger partial charge in [0.05, 0.1) is 51.5 Å². The lowest BCUT2D eigenvalue weighted by Gasteiger charge is -2.36. The fourth-order valence-corrected chi connectivity index (χ4v) is 7.69. The molecular weight excluding hydrogens is 793 g/mol. The van der Waals surface area contributed by atoms with Crippen LogP contribution in [-0.4, -0.2) is 92.6 Å². The molecule has 0 saturated carbocycles. The molecule has 1 aliphatic rings. The second-order valence-electron chi connectivity index (χ2n) is 15.3. The van der Waals surface area contributed by atoms with Crippen molar-refractivity contribution in [3.05, 3.63) is 45.9 Å². The van der Waals surface area contributed by atoms with Crippen LogP contribution in [0.4, 0.5) is 0 Å². The molecule has 2 unspecified atom stereocenters. The van der Waals surface area contributed by atoms with Gasteiger partial charge >= 0.3 is 5.97 Å². The molecule has 1 aromatic carbocycles. The van der Waals surface area contributed by atoms with Gasteiger partial charge in [-0.25, -0.2) is 14.2 Å². The molecule has 52 heavy (non-hydrogen) atoms. The monoisotopic (exact) mass is 847 g/mol. The summed E-state index contributed by atoms with van der Waals surface area (Å²) in [4.78, 5) is 14.6. The number of nitrogens with zero attached hydrogens (tertiary/aromatic N) is 7. The smallest absolute Gasteiger partial charge is 0.346 e. The van der Waals surface area contributed by atoms with Crippen LogP contribution < -0.4 is 9.47 Å². The number of aromatic nitrogens is 6. The van der Waals surface area contributed by atoms with E-state index in [0.717, 1.165) is 50.7 Å². The summed E-state index contributed by atoms with van der Waals surface area (Å²) in [6.07, 6.45) is 5.15. The minimum atomic E-state index is -1.95. The van der Waals surface area contributed by atoms with Gasteiger partial charge in [0, 0.05) is 32.1 Å². The van der Waals surface area contributed by atoms with Crippen molar-refractivity contribution in [3.8, 4) is 22.9 Å². The van der Waals surface area contributed by atoms with E-state index in [1.54, 1.807) is 24.0 Å². The first kappa shape index (κ1) is 39.9. The first-order valence-corrected chi connectivity index (χ1v) is 21.9. The van der Waals surface area contributed by atoms with Crippen LogP contribution >= 0.6 is 22.6 Å². The van der Waals surface area contributed by atoms with Crippen molar-refractivity contribution >= 4 is 53.9 Å². The second-order valence-corrected chi connectivity index (χ2v) is 21.2. The minimum absolute atomic E-state index is 0.0463.